The van der Waals surface area contributed by atoms with Crippen molar-refractivity contribution in [1.82, 2.24) is 45.9 Å². The number of primary amides is 1. The Bertz CT molecular complexity index is 4360. The lowest BCUT2D eigenvalue weighted by atomic mass is 9.91. The number of hydrogen-bond acceptors (Lipinski definition) is 29. The van der Waals surface area contributed by atoms with Gasteiger partial charge in [-0.3, -0.25) is 52.7 Å². The van der Waals surface area contributed by atoms with E-state index in [1.807, 2.05) is 44.2 Å². The molecule has 105 heavy (non-hydrogen) atoms. The fraction of sp³-hybridized carbons (Fsp3) is 0.431. The van der Waals surface area contributed by atoms with Gasteiger partial charge >= 0.3 is 5.97 Å². The Labute approximate surface area is 628 Å². The quantitative estimate of drug-likeness (QED) is 0.0160. The third-order valence-corrected chi connectivity index (χ3v) is 23.7. The number of amides is 3. The number of phenolic OH excluding ortho intramolecular Hbond substituents is 1. The van der Waals surface area contributed by atoms with Gasteiger partial charge in [-0.05, 0) is 56.0 Å². The maximum Gasteiger partial charge on any atom is 0.306 e. The topological polar surface area (TPSA) is 449 Å². The van der Waals surface area contributed by atoms with Crippen LogP contribution in [0.15, 0.2) is 86.9 Å². The molecule has 11 N–H and O–H groups in total. The smallest absolute Gasteiger partial charge is 0.306 e. The summed E-state index contributed by atoms with van der Waals surface area (Å²) in [5.74, 6) is -13.0. The van der Waals surface area contributed by atoms with E-state index >= 15 is 0 Å². The van der Waals surface area contributed by atoms with Gasteiger partial charge in [-0.2, -0.15) is 0 Å². The second kappa shape index (κ2) is 39.1. The summed E-state index contributed by atoms with van der Waals surface area (Å²) in [6.45, 7) is 4.35. The van der Waals surface area contributed by atoms with Crippen LogP contribution in [-0.4, -0.2) is 170 Å². The summed E-state index contributed by atoms with van der Waals surface area (Å²) in [5.41, 5.74) is 7.90. The molecule has 0 aliphatic heterocycles. The number of carboxylic acids is 1. The van der Waals surface area contributed by atoms with Crippen LogP contribution in [0.2, 0.25) is 0 Å². The number of hydrogen-bond donors (Lipinski definition) is 10. The van der Waals surface area contributed by atoms with Gasteiger partial charge in [0.15, 0.2) is 34.7 Å². The third kappa shape index (κ3) is 22.7. The van der Waals surface area contributed by atoms with Gasteiger partial charge < -0.3 is 52.3 Å². The van der Waals surface area contributed by atoms with Gasteiger partial charge in [0.05, 0.1) is 70.4 Å². The van der Waals surface area contributed by atoms with Crippen LogP contribution in [0.4, 0.5) is 0 Å². The molecule has 33 heteroatoms. The molecule has 11 unspecified atom stereocenters. The van der Waals surface area contributed by atoms with Gasteiger partial charge in [0, 0.05) is 113 Å². The number of carbonyl (C=O) groups excluding carboxylic acids is 10. The number of aromatic hydroxyl groups is 1. The van der Waals surface area contributed by atoms with Crippen LogP contribution >= 0.6 is 68.0 Å². The van der Waals surface area contributed by atoms with E-state index in [9.17, 15) is 78.3 Å². The summed E-state index contributed by atoms with van der Waals surface area (Å²) >= 11 is 6.85. The number of aliphatic carboxylic acids is 1. The second-order valence-corrected chi connectivity index (χ2v) is 31.0. The largest absolute Gasteiger partial charge is 0.508 e. The minimum Gasteiger partial charge on any atom is -0.508 e. The van der Waals surface area contributed by atoms with Crippen LogP contribution in [0.3, 0.4) is 0 Å². The van der Waals surface area contributed by atoms with E-state index in [0.717, 1.165) is 50.9 Å². The fourth-order valence-electron chi connectivity index (χ4n) is 11.2. The second-order valence-electron chi connectivity index (χ2n) is 25.7. The van der Waals surface area contributed by atoms with Crippen LogP contribution in [0.5, 0.6) is 5.75 Å². The summed E-state index contributed by atoms with van der Waals surface area (Å²) in [6.07, 6.45) is -1.09. The SMILES string of the molecule is CCC(C)C(NC(=O)C(CC(=O)c1csc(C(CC(=O)c2csc(C(CC(N)=O)CC(=O)c3csc(C(CO)CC(=O)C(C)NC)n3)n2)Cc2ccccc2)n1)Cc1ccc(O)cc1)c1nc(-c2nc(C(=O)CC(CO)c3nc(C(=O)CC(CO)C(=O)NC(CO)C(=O)CC(C)C(=O)O)cs3)cs2)cs1. The number of carboxylic acid groups (broad SMARTS) is 1. The molecule has 0 bridgehead atoms. The zero-order valence-electron chi connectivity index (χ0n) is 58.0. The molecule has 8 rings (SSSR count). The summed E-state index contributed by atoms with van der Waals surface area (Å²) in [5, 5.41) is 79.8. The number of nitrogens with one attached hydrogen (secondary N) is 3. The maximum absolute atomic E-state index is 14.8. The van der Waals surface area contributed by atoms with E-state index in [2.05, 4.69) is 35.9 Å². The fourth-order valence-corrected chi connectivity index (χ4v) is 16.7. The molecule has 0 saturated heterocycles. The Morgan fingerprint density at radius 2 is 0.933 bits per heavy atom. The van der Waals surface area contributed by atoms with Crippen LogP contribution in [0.1, 0.15) is 204 Å². The lowest BCUT2D eigenvalue weighted by Gasteiger charge is -2.25. The molecule has 8 aromatic rings. The molecule has 0 saturated carbocycles. The first kappa shape index (κ1) is 82.1. The predicted molar refractivity (Wildman–Crippen MR) is 395 cm³/mol. The number of rotatable bonds is 45. The highest BCUT2D eigenvalue weighted by molar-refractivity contribution is 7.14. The Morgan fingerprint density at radius 1 is 0.467 bits per heavy atom. The Morgan fingerprint density at radius 3 is 1.45 bits per heavy atom. The summed E-state index contributed by atoms with van der Waals surface area (Å²) < 4.78 is 0. The van der Waals surface area contributed by atoms with Crippen molar-refractivity contribution in [3.05, 3.63) is 152 Å². The van der Waals surface area contributed by atoms with E-state index in [0.29, 0.717) is 49.1 Å². The molecular weight excluding hydrogens is 1470 g/mol. The molecule has 0 radical (unpaired) electrons. The normalized spacial score (nSPS) is 14.7. The standard InChI is InChI=1S/C72H82N10O17S6/c1-6-36(2)63(71-81-54(35-105-71)70-80-53(34-104-70)61(94)24-46(28-85)69-79-52(33-103-69)60(93)22-44(26-83)65(97)75-48(29-86)56(89)16-37(3)72(98)99)82-64(96)41(17-40-12-14-47(87)15-13-40)19-57(90)49-30-100-66(76-49)42(18-39-10-8-7-9-11-39)20-58(91)50-31-101-67(77-50)43(25-62(73)95)21-59(92)51-32-102-68(78-51)45(27-84)23-55(88)38(4)74-5/h7-15,30-38,41-46,48,63,74,83-87H,6,16-29H2,1-5H3,(H2,73,95)(H,75,97)(H,82,96)(H,98,99). The molecular formula is C72H82N10O17S6. The van der Waals surface area contributed by atoms with Gasteiger partial charge in [-0.1, -0.05) is 69.7 Å². The molecule has 2 aromatic carbocycles. The number of aromatic nitrogens is 6. The number of benzene rings is 2. The molecule has 27 nitrogen and oxygen atoms in total. The van der Waals surface area contributed by atoms with Gasteiger partial charge in [0.2, 0.25) is 17.7 Å². The zero-order chi connectivity index (χ0) is 76.2. The van der Waals surface area contributed by atoms with Gasteiger partial charge in [0.25, 0.3) is 0 Å². The van der Waals surface area contributed by atoms with Crippen molar-refractivity contribution in [2.24, 2.45) is 29.4 Å². The molecule has 6 heterocycles. The van der Waals surface area contributed by atoms with Crippen LogP contribution in [0.25, 0.3) is 10.7 Å². The van der Waals surface area contributed by atoms with Gasteiger partial charge in [0.1, 0.15) is 61.8 Å². The number of thiazole rings is 6. The summed E-state index contributed by atoms with van der Waals surface area (Å²) in [7, 11) is 1.65. The highest BCUT2D eigenvalue weighted by atomic mass is 32.1. The predicted octanol–water partition coefficient (Wildman–Crippen LogP) is 8.30. The van der Waals surface area contributed by atoms with Crippen molar-refractivity contribution in [2.75, 3.05) is 33.5 Å². The van der Waals surface area contributed by atoms with Crippen molar-refractivity contribution in [1.29, 1.82) is 0 Å². The zero-order valence-corrected chi connectivity index (χ0v) is 62.9. The summed E-state index contributed by atoms with van der Waals surface area (Å²) in [4.78, 5) is 174. The molecule has 0 aliphatic rings. The minimum absolute atomic E-state index is 0.00681. The molecule has 0 aliphatic carbocycles. The number of ketones is 7. The lowest BCUT2D eigenvalue weighted by molar-refractivity contribution is -0.143. The molecule has 0 spiro atoms. The van der Waals surface area contributed by atoms with E-state index in [4.69, 9.17) is 20.8 Å². The summed E-state index contributed by atoms with van der Waals surface area (Å²) in [6, 6.07) is 13.2. The molecule has 11 atom stereocenters. The van der Waals surface area contributed by atoms with Crippen molar-refractivity contribution < 1.29 is 83.4 Å². The van der Waals surface area contributed by atoms with Crippen molar-refractivity contribution >= 4 is 132 Å². The Balaban J connectivity index is 0.929. The average Bonchev–Trinajstić information content (AvgIpc) is 1.69. The monoisotopic (exact) mass is 1550 g/mol. The van der Waals surface area contributed by atoms with Crippen LogP contribution < -0.4 is 21.7 Å². The highest BCUT2D eigenvalue weighted by Crippen LogP contribution is 2.37. The average molecular weight is 1550 g/mol. The van der Waals surface area contributed by atoms with Crippen molar-refractivity contribution in [2.45, 2.75) is 140 Å². The van der Waals surface area contributed by atoms with E-state index < -0.39 is 145 Å². The first-order valence-electron chi connectivity index (χ1n) is 33.7. The van der Waals surface area contributed by atoms with Crippen LogP contribution in [0, 0.1) is 23.7 Å². The first-order valence-corrected chi connectivity index (χ1v) is 39.0. The van der Waals surface area contributed by atoms with E-state index in [1.54, 1.807) is 47.6 Å². The third-order valence-electron chi connectivity index (χ3n) is 17.9. The first-order chi connectivity index (χ1) is 50.2. The number of aliphatic hydroxyl groups is 4. The van der Waals surface area contributed by atoms with E-state index in [1.165, 1.54) is 52.5 Å². The number of aliphatic hydroxyl groups excluding tert-OH is 4. The van der Waals surface area contributed by atoms with Crippen LogP contribution in [-0.2, 0) is 41.6 Å². The number of Topliss-reactive ketones (excluding diaryl/α,β-unsaturated/α-hetero) is 7. The van der Waals surface area contributed by atoms with Gasteiger partial charge in [-0.15, -0.1) is 68.0 Å². The number of nitrogens with two attached hydrogens (primary N) is 1. The lowest BCUT2D eigenvalue weighted by Crippen LogP contribution is -2.47. The van der Waals surface area contributed by atoms with Gasteiger partial charge in [-0.25, -0.2) is 29.9 Å². The Hall–Kier alpha value is -8.61. The highest BCUT2D eigenvalue weighted by Gasteiger charge is 2.35. The molecule has 3 amide bonds. The maximum atomic E-state index is 14.8. The van der Waals surface area contributed by atoms with Crippen molar-refractivity contribution in [3.63, 3.8) is 0 Å². The molecule has 558 valence electrons. The number of phenols is 1. The number of likely N-dealkylation sites (N-methyl/N-ethyl adjacent to an activating group) is 1. The molecule has 0 fully saturated rings. The minimum atomic E-state index is -1.47. The molecule has 6 aromatic heterocycles. The number of carbonyl (C=O) groups is 11. The number of nitrogens with zero attached hydrogens (tertiary/aromatic N) is 6. The van der Waals surface area contributed by atoms with Crippen molar-refractivity contribution in [3.8, 4) is 16.5 Å². The Kier molecular flexibility index (Phi) is 30.6. The van der Waals surface area contributed by atoms with E-state index in [-0.39, 0.29) is 108 Å².